The Bertz CT molecular complexity index is 1250. The topological polar surface area (TPSA) is 94.3 Å². The number of aryl methyl sites for hydroxylation is 2. The highest BCUT2D eigenvalue weighted by atomic mass is 16.2. The van der Waals surface area contributed by atoms with Gasteiger partial charge in [-0.1, -0.05) is 70.2 Å². The van der Waals surface area contributed by atoms with Gasteiger partial charge in [0.2, 0.25) is 5.82 Å². The Morgan fingerprint density at radius 3 is 2.32 bits per heavy atom. The minimum Gasteiger partial charge on any atom is -0.274 e. The molecule has 2 aromatic heterocycles. The summed E-state index contributed by atoms with van der Waals surface area (Å²) < 4.78 is 3.49. The number of H-pyrrole nitrogens is 1. The van der Waals surface area contributed by atoms with Crippen LogP contribution in [0.15, 0.2) is 53.3 Å². The van der Waals surface area contributed by atoms with E-state index in [9.17, 15) is 4.79 Å². The van der Waals surface area contributed by atoms with Crippen LogP contribution in [-0.4, -0.2) is 35.0 Å². The van der Waals surface area contributed by atoms with Gasteiger partial charge in [-0.3, -0.25) is 4.57 Å². The highest BCUT2D eigenvalue weighted by molar-refractivity contribution is 5.70. The van der Waals surface area contributed by atoms with Gasteiger partial charge in [-0.25, -0.2) is 9.48 Å². The monoisotopic (exact) mass is 459 g/mol. The summed E-state index contributed by atoms with van der Waals surface area (Å²) in [6.45, 7) is 9.92. The summed E-state index contributed by atoms with van der Waals surface area (Å²) in [5, 5.41) is 19.0. The van der Waals surface area contributed by atoms with Gasteiger partial charge in [-0.15, -0.1) is 10.2 Å². The van der Waals surface area contributed by atoms with E-state index in [0.717, 1.165) is 47.3 Å². The van der Waals surface area contributed by atoms with Crippen LogP contribution in [0, 0.1) is 11.8 Å². The lowest BCUT2D eigenvalue weighted by Gasteiger charge is -2.09. The van der Waals surface area contributed by atoms with Crippen molar-refractivity contribution >= 4 is 0 Å². The third-order valence-corrected chi connectivity index (χ3v) is 5.96. The van der Waals surface area contributed by atoms with Gasteiger partial charge in [0.1, 0.15) is 5.82 Å². The zero-order chi connectivity index (χ0) is 24.1. The maximum absolute atomic E-state index is 13.1. The molecule has 0 aliphatic carbocycles. The average Bonchev–Trinajstić information content (AvgIpc) is 3.46. The Hall–Kier alpha value is -3.55. The molecule has 2 aromatic carbocycles. The first-order chi connectivity index (χ1) is 16.4. The zero-order valence-corrected chi connectivity index (χ0v) is 20.4. The molecule has 2 heterocycles. The lowest BCUT2D eigenvalue weighted by molar-refractivity contribution is 0.472. The molecule has 0 fully saturated rings. The standard InChI is InChI=1S/C26H33N7O/c1-18(2)8-13-24-29-33(15-14-19(3)4)26(34)32(24)17-20-9-11-21(12-10-20)22-6-5-7-23(16-22)25-27-30-31-28-25/h5-7,9-12,16,18-19H,8,13-15,17H2,1-4H3,(H,27,28,30,31). The Labute approximate surface area is 200 Å². The van der Waals surface area contributed by atoms with E-state index in [1.807, 2.05) is 22.8 Å². The van der Waals surface area contributed by atoms with Crippen molar-refractivity contribution in [1.82, 2.24) is 35.0 Å². The number of aromatic nitrogens is 7. The van der Waals surface area contributed by atoms with Gasteiger partial charge in [-0.05, 0) is 52.6 Å². The molecule has 0 aliphatic rings. The van der Waals surface area contributed by atoms with Crippen LogP contribution >= 0.6 is 0 Å². The van der Waals surface area contributed by atoms with Gasteiger partial charge in [0.05, 0.1) is 6.54 Å². The zero-order valence-electron chi connectivity index (χ0n) is 20.4. The number of benzene rings is 2. The van der Waals surface area contributed by atoms with Crippen molar-refractivity contribution in [3.63, 3.8) is 0 Å². The summed E-state index contributed by atoms with van der Waals surface area (Å²) >= 11 is 0. The summed E-state index contributed by atoms with van der Waals surface area (Å²) in [4.78, 5) is 13.1. The highest BCUT2D eigenvalue weighted by Gasteiger charge is 2.15. The van der Waals surface area contributed by atoms with E-state index in [4.69, 9.17) is 5.10 Å². The third kappa shape index (κ3) is 5.68. The van der Waals surface area contributed by atoms with Gasteiger partial charge >= 0.3 is 5.69 Å². The average molecular weight is 460 g/mol. The number of nitrogens with zero attached hydrogens (tertiary/aromatic N) is 6. The van der Waals surface area contributed by atoms with Crippen molar-refractivity contribution in [2.75, 3.05) is 0 Å². The van der Waals surface area contributed by atoms with Gasteiger partial charge in [0.15, 0.2) is 0 Å². The van der Waals surface area contributed by atoms with Crippen LogP contribution in [0.3, 0.4) is 0 Å². The predicted molar refractivity (Wildman–Crippen MR) is 133 cm³/mol. The van der Waals surface area contributed by atoms with E-state index in [1.165, 1.54) is 0 Å². The number of hydrogen-bond donors (Lipinski definition) is 1. The molecule has 34 heavy (non-hydrogen) atoms. The van der Waals surface area contributed by atoms with Crippen LogP contribution in [0.1, 0.15) is 51.9 Å². The second-order valence-corrected chi connectivity index (χ2v) is 9.64. The Balaban J connectivity index is 1.56. The molecule has 0 unspecified atom stereocenters. The summed E-state index contributed by atoms with van der Waals surface area (Å²) in [6.07, 6.45) is 2.76. The predicted octanol–water partition coefficient (Wildman–Crippen LogP) is 4.57. The van der Waals surface area contributed by atoms with Gasteiger partial charge in [0.25, 0.3) is 0 Å². The highest BCUT2D eigenvalue weighted by Crippen LogP contribution is 2.24. The molecule has 178 valence electrons. The molecule has 4 rings (SSSR count). The van der Waals surface area contributed by atoms with Crippen LogP contribution in [0.4, 0.5) is 0 Å². The van der Waals surface area contributed by atoms with Gasteiger partial charge in [0, 0.05) is 18.5 Å². The number of tetrazole rings is 1. The molecule has 0 aliphatic heterocycles. The molecule has 8 nitrogen and oxygen atoms in total. The van der Waals surface area contributed by atoms with Crippen molar-refractivity contribution in [3.05, 3.63) is 70.4 Å². The summed E-state index contributed by atoms with van der Waals surface area (Å²) in [5.74, 6) is 2.54. The molecule has 0 amide bonds. The fraction of sp³-hybridized carbons (Fsp3) is 0.423. The Morgan fingerprint density at radius 2 is 1.65 bits per heavy atom. The van der Waals surface area contributed by atoms with Gasteiger partial charge < -0.3 is 0 Å². The summed E-state index contributed by atoms with van der Waals surface area (Å²) in [7, 11) is 0. The van der Waals surface area contributed by atoms with Crippen molar-refractivity contribution in [1.29, 1.82) is 0 Å². The molecular formula is C26H33N7O. The van der Waals surface area contributed by atoms with Crippen LogP contribution in [0.25, 0.3) is 22.5 Å². The third-order valence-electron chi connectivity index (χ3n) is 5.96. The van der Waals surface area contributed by atoms with Crippen molar-refractivity contribution in [2.45, 2.75) is 60.0 Å². The lowest BCUT2D eigenvalue weighted by Crippen LogP contribution is -2.26. The quantitative estimate of drug-likeness (QED) is 0.375. The van der Waals surface area contributed by atoms with E-state index < -0.39 is 0 Å². The first-order valence-corrected chi connectivity index (χ1v) is 12.0. The Morgan fingerprint density at radius 1 is 0.912 bits per heavy atom. The maximum Gasteiger partial charge on any atom is 0.346 e. The second-order valence-electron chi connectivity index (χ2n) is 9.64. The largest absolute Gasteiger partial charge is 0.346 e. The van der Waals surface area contributed by atoms with Crippen molar-refractivity contribution < 1.29 is 0 Å². The molecule has 0 spiro atoms. The van der Waals surface area contributed by atoms with Crippen LogP contribution in [-0.2, 0) is 19.5 Å². The fourth-order valence-corrected chi connectivity index (χ4v) is 3.88. The van der Waals surface area contributed by atoms with Gasteiger partial charge in [-0.2, -0.15) is 10.3 Å². The molecule has 0 atom stereocenters. The van der Waals surface area contributed by atoms with Crippen molar-refractivity contribution in [3.8, 4) is 22.5 Å². The van der Waals surface area contributed by atoms with Crippen LogP contribution in [0.5, 0.6) is 0 Å². The number of aromatic amines is 1. The molecule has 0 radical (unpaired) electrons. The molecule has 0 saturated carbocycles. The molecule has 8 heteroatoms. The minimum absolute atomic E-state index is 0.0173. The van der Waals surface area contributed by atoms with E-state index in [0.29, 0.717) is 30.7 Å². The first kappa shape index (κ1) is 23.6. The number of rotatable bonds is 10. The number of nitrogens with one attached hydrogen (secondary N) is 1. The summed E-state index contributed by atoms with van der Waals surface area (Å²) in [5.41, 5.74) is 4.13. The maximum atomic E-state index is 13.1. The molecule has 4 aromatic rings. The van der Waals surface area contributed by atoms with Crippen molar-refractivity contribution in [2.24, 2.45) is 11.8 Å². The first-order valence-electron chi connectivity index (χ1n) is 12.0. The minimum atomic E-state index is -0.0173. The second kappa shape index (κ2) is 10.6. The fourth-order valence-electron chi connectivity index (χ4n) is 3.88. The van der Waals surface area contributed by atoms with E-state index in [-0.39, 0.29) is 5.69 Å². The normalized spacial score (nSPS) is 11.6. The number of hydrogen-bond acceptors (Lipinski definition) is 5. The van der Waals surface area contributed by atoms with Crippen LogP contribution in [0.2, 0.25) is 0 Å². The molecular weight excluding hydrogens is 426 g/mol. The lowest BCUT2D eigenvalue weighted by atomic mass is 10.0. The SMILES string of the molecule is CC(C)CCc1nn(CCC(C)C)c(=O)n1Cc1ccc(-c2cccc(-c3nn[nH]n3)c2)cc1. The smallest absolute Gasteiger partial charge is 0.274 e. The summed E-state index contributed by atoms with van der Waals surface area (Å²) in [6, 6.07) is 16.4. The van der Waals surface area contributed by atoms with Crippen LogP contribution < -0.4 is 5.69 Å². The Kier molecular flexibility index (Phi) is 7.35. The van der Waals surface area contributed by atoms with E-state index >= 15 is 0 Å². The van der Waals surface area contributed by atoms with E-state index in [2.05, 4.69) is 78.7 Å². The molecule has 0 saturated heterocycles. The molecule has 1 N–H and O–H groups in total. The van der Waals surface area contributed by atoms with E-state index in [1.54, 1.807) is 4.68 Å². The molecule has 0 bridgehead atoms.